The first kappa shape index (κ1) is 26.9. The molecule has 7 nitrogen and oxygen atoms in total. The van der Waals surface area contributed by atoms with Crippen LogP contribution >= 0.6 is 0 Å². The summed E-state index contributed by atoms with van der Waals surface area (Å²) >= 11 is 0. The highest BCUT2D eigenvalue weighted by atomic mass is 19.4. The highest BCUT2D eigenvalue weighted by Crippen LogP contribution is 2.37. The molecule has 40 heavy (non-hydrogen) atoms. The predicted octanol–water partition coefficient (Wildman–Crippen LogP) is 6.53. The lowest BCUT2D eigenvalue weighted by Crippen LogP contribution is -2.25. The Labute approximate surface area is 227 Å². The molecule has 0 radical (unpaired) electrons. The lowest BCUT2D eigenvalue weighted by atomic mass is 10.0. The van der Waals surface area contributed by atoms with Gasteiger partial charge in [0.15, 0.2) is 11.5 Å². The summed E-state index contributed by atoms with van der Waals surface area (Å²) in [6.07, 6.45) is -4.63. The van der Waals surface area contributed by atoms with Crippen LogP contribution in [-0.4, -0.2) is 23.0 Å². The molecular formula is C30H25F3N4O3. The number of fused-ring (bicyclic) bond motifs is 1. The van der Waals surface area contributed by atoms with Crippen LogP contribution in [0.5, 0.6) is 5.75 Å². The Morgan fingerprint density at radius 1 is 1.00 bits per heavy atom. The van der Waals surface area contributed by atoms with E-state index in [1.165, 1.54) is 19.2 Å². The molecule has 0 spiro atoms. The summed E-state index contributed by atoms with van der Waals surface area (Å²) in [4.78, 5) is 21.4. The fourth-order valence-electron chi connectivity index (χ4n) is 4.38. The second kappa shape index (κ2) is 10.8. The number of carbonyl (C=O) groups is 1. The number of amides is 1. The highest BCUT2D eigenvalue weighted by molar-refractivity contribution is 5.98. The van der Waals surface area contributed by atoms with Gasteiger partial charge in [-0.3, -0.25) is 4.79 Å². The van der Waals surface area contributed by atoms with Gasteiger partial charge in [-0.05, 0) is 53.9 Å². The van der Waals surface area contributed by atoms with Gasteiger partial charge in [0.2, 0.25) is 5.89 Å². The normalized spacial score (nSPS) is 12.3. The van der Waals surface area contributed by atoms with Gasteiger partial charge in [0, 0.05) is 17.5 Å². The van der Waals surface area contributed by atoms with Crippen molar-refractivity contribution in [2.75, 3.05) is 7.11 Å². The van der Waals surface area contributed by atoms with E-state index >= 15 is 0 Å². The average molecular weight is 547 g/mol. The largest absolute Gasteiger partial charge is 0.494 e. The number of methoxy groups -OCH3 is 1. The van der Waals surface area contributed by atoms with Crippen LogP contribution in [0.1, 0.15) is 40.5 Å². The number of oxazole rings is 1. The summed E-state index contributed by atoms with van der Waals surface area (Å²) < 4.78 is 51.1. The molecule has 10 heteroatoms. The first-order valence-corrected chi connectivity index (χ1v) is 12.4. The van der Waals surface area contributed by atoms with Crippen molar-refractivity contribution in [1.29, 1.82) is 0 Å². The number of hydrogen-bond donors (Lipinski definition) is 2. The maximum Gasteiger partial charge on any atom is 0.433 e. The Hall–Kier alpha value is -4.70. The number of rotatable bonds is 7. The molecule has 3 aromatic carbocycles. The molecule has 5 rings (SSSR count). The first-order chi connectivity index (χ1) is 19.2. The predicted molar refractivity (Wildman–Crippen MR) is 144 cm³/mol. The number of ether oxygens (including phenoxy) is 1. The first-order valence-electron chi connectivity index (χ1n) is 12.4. The van der Waals surface area contributed by atoms with E-state index in [0.717, 1.165) is 22.8 Å². The maximum absolute atomic E-state index is 13.3. The van der Waals surface area contributed by atoms with Crippen molar-refractivity contribution < 1.29 is 27.1 Å². The molecular weight excluding hydrogens is 521 g/mol. The molecule has 2 heterocycles. The van der Waals surface area contributed by atoms with Gasteiger partial charge in [-0.1, -0.05) is 48.5 Å². The van der Waals surface area contributed by atoms with Crippen molar-refractivity contribution in [1.82, 2.24) is 15.3 Å². The van der Waals surface area contributed by atoms with Crippen molar-refractivity contribution in [2.24, 2.45) is 5.73 Å². The van der Waals surface area contributed by atoms with Crippen LogP contribution in [0.15, 0.2) is 83.3 Å². The number of carbonyl (C=O) groups excluding carboxylic acids is 1. The van der Waals surface area contributed by atoms with Gasteiger partial charge < -0.3 is 20.2 Å². The third-order valence-electron chi connectivity index (χ3n) is 6.33. The zero-order chi connectivity index (χ0) is 28.4. The summed E-state index contributed by atoms with van der Waals surface area (Å²) in [6, 6.07) is 22.2. The number of alkyl halides is 3. The summed E-state index contributed by atoms with van der Waals surface area (Å²) in [5.74, 6) is -0.172. The molecule has 0 fully saturated rings. The van der Waals surface area contributed by atoms with Crippen molar-refractivity contribution in [3.8, 4) is 28.3 Å². The number of nitrogens with two attached hydrogens (primary N) is 1. The molecule has 2 aromatic heterocycles. The van der Waals surface area contributed by atoms with E-state index < -0.39 is 23.8 Å². The van der Waals surface area contributed by atoms with Gasteiger partial charge in [0.25, 0.3) is 5.91 Å². The van der Waals surface area contributed by atoms with E-state index in [0.29, 0.717) is 10.9 Å². The number of halogens is 3. The van der Waals surface area contributed by atoms with Crippen LogP contribution in [-0.2, 0) is 12.7 Å². The smallest absolute Gasteiger partial charge is 0.433 e. The number of nitrogens with one attached hydrogen (secondary N) is 1. The lowest BCUT2D eigenvalue weighted by molar-refractivity contribution is -0.140. The summed E-state index contributed by atoms with van der Waals surface area (Å²) in [7, 11) is 1.34. The van der Waals surface area contributed by atoms with E-state index in [1.54, 1.807) is 13.0 Å². The molecule has 1 amide bonds. The minimum Gasteiger partial charge on any atom is -0.494 e. The fourth-order valence-corrected chi connectivity index (χ4v) is 4.38. The molecule has 0 aliphatic carbocycles. The lowest BCUT2D eigenvalue weighted by Gasteiger charge is -2.11. The number of pyridine rings is 1. The Morgan fingerprint density at radius 2 is 1.75 bits per heavy atom. The molecule has 0 aliphatic rings. The van der Waals surface area contributed by atoms with E-state index in [2.05, 4.69) is 15.3 Å². The average Bonchev–Trinajstić information content (AvgIpc) is 3.41. The van der Waals surface area contributed by atoms with Crippen LogP contribution in [0.4, 0.5) is 13.2 Å². The van der Waals surface area contributed by atoms with Gasteiger partial charge in [-0.15, -0.1) is 0 Å². The maximum atomic E-state index is 13.3. The van der Waals surface area contributed by atoms with Gasteiger partial charge >= 0.3 is 6.18 Å². The van der Waals surface area contributed by atoms with Crippen LogP contribution in [0.3, 0.4) is 0 Å². The molecule has 204 valence electrons. The highest BCUT2D eigenvalue weighted by Gasteiger charge is 2.33. The molecule has 0 saturated heterocycles. The van der Waals surface area contributed by atoms with Gasteiger partial charge in [-0.25, -0.2) is 9.97 Å². The number of hydrogen-bond acceptors (Lipinski definition) is 6. The van der Waals surface area contributed by atoms with E-state index in [-0.39, 0.29) is 35.2 Å². The Balaban J connectivity index is 1.46. The Bertz CT molecular complexity index is 1680. The third-order valence-corrected chi connectivity index (χ3v) is 6.33. The van der Waals surface area contributed by atoms with E-state index in [9.17, 15) is 18.0 Å². The molecule has 3 N–H and O–H groups in total. The minimum absolute atomic E-state index is 0.00643. The van der Waals surface area contributed by atoms with Crippen LogP contribution in [0, 0.1) is 0 Å². The summed E-state index contributed by atoms with van der Waals surface area (Å²) in [5, 5.41) is 3.17. The quantitative estimate of drug-likeness (QED) is 0.241. The standard InChI is InChI=1S/C30H25F3N4O3/c1-17(34)27-26(28(38)35-16-18-7-6-10-20(15-18)19-8-4-3-5-9-19)37-29(40-27)22-11-13-23(39-2)25-21(22)12-14-24(36-25)30(31,32)33/h3-15,17H,16,34H2,1-2H3,(H,35,38)/t17-/m0/s1. The summed E-state index contributed by atoms with van der Waals surface area (Å²) in [5.41, 5.74) is 8.30. The third kappa shape index (κ3) is 5.39. The van der Waals surface area contributed by atoms with E-state index in [4.69, 9.17) is 14.9 Å². The molecule has 0 unspecified atom stereocenters. The van der Waals surface area contributed by atoms with Crippen LogP contribution in [0.2, 0.25) is 0 Å². The number of nitrogens with zero attached hydrogens (tertiary/aromatic N) is 2. The molecule has 1 atom stereocenters. The summed E-state index contributed by atoms with van der Waals surface area (Å²) in [6.45, 7) is 1.88. The number of aromatic nitrogens is 2. The van der Waals surface area contributed by atoms with Gasteiger partial charge in [-0.2, -0.15) is 13.2 Å². The number of benzene rings is 3. The van der Waals surface area contributed by atoms with Gasteiger partial charge in [0.1, 0.15) is 17.0 Å². The van der Waals surface area contributed by atoms with Crippen molar-refractivity contribution in [3.63, 3.8) is 0 Å². The topological polar surface area (TPSA) is 103 Å². The SMILES string of the molecule is COc1ccc(-c2nc(C(=O)NCc3cccc(-c4ccccc4)c3)c([C@H](C)N)o2)c2ccc(C(F)(F)F)nc12. The molecule has 0 aliphatic heterocycles. The zero-order valence-corrected chi connectivity index (χ0v) is 21.6. The fraction of sp³-hybridized carbons (Fsp3) is 0.167. The monoisotopic (exact) mass is 546 g/mol. The van der Waals surface area contributed by atoms with Gasteiger partial charge in [0.05, 0.1) is 13.2 Å². The zero-order valence-electron chi connectivity index (χ0n) is 21.6. The van der Waals surface area contributed by atoms with Crippen LogP contribution < -0.4 is 15.8 Å². The molecule has 0 bridgehead atoms. The Kier molecular flexibility index (Phi) is 7.27. The Morgan fingerprint density at radius 3 is 2.45 bits per heavy atom. The van der Waals surface area contributed by atoms with Crippen LogP contribution in [0.25, 0.3) is 33.5 Å². The second-order valence-corrected chi connectivity index (χ2v) is 9.18. The van der Waals surface area contributed by atoms with Crippen molar-refractivity contribution >= 4 is 16.8 Å². The van der Waals surface area contributed by atoms with Crippen molar-refractivity contribution in [3.05, 3.63) is 102 Å². The minimum atomic E-state index is -4.63. The van der Waals surface area contributed by atoms with E-state index in [1.807, 2.05) is 54.6 Å². The molecule has 0 saturated carbocycles. The second-order valence-electron chi connectivity index (χ2n) is 9.18. The molecule has 5 aromatic rings. The van der Waals surface area contributed by atoms with Crippen molar-refractivity contribution in [2.45, 2.75) is 25.7 Å².